The van der Waals surface area contributed by atoms with Crippen molar-refractivity contribution in [2.45, 2.75) is 19.4 Å². The molecule has 0 spiro atoms. The largest absolute Gasteiger partial charge is 0.352 e. The van der Waals surface area contributed by atoms with Crippen LogP contribution in [0.15, 0.2) is 61.2 Å². The minimum atomic E-state index is -0.266. The maximum atomic E-state index is 12.4. The van der Waals surface area contributed by atoms with Gasteiger partial charge in [-0.2, -0.15) is 0 Å². The van der Waals surface area contributed by atoms with Crippen molar-refractivity contribution in [2.24, 2.45) is 0 Å². The predicted molar refractivity (Wildman–Crippen MR) is 101 cm³/mol. The van der Waals surface area contributed by atoms with Crippen LogP contribution in [0.4, 0.5) is 0 Å². The van der Waals surface area contributed by atoms with Crippen LogP contribution in [0.2, 0.25) is 5.02 Å². The van der Waals surface area contributed by atoms with Crippen molar-refractivity contribution in [2.75, 3.05) is 6.54 Å². The van der Waals surface area contributed by atoms with E-state index >= 15 is 0 Å². The van der Waals surface area contributed by atoms with Gasteiger partial charge < -0.3 is 10.6 Å². The van der Waals surface area contributed by atoms with Crippen LogP contribution in [0, 0.1) is 0 Å². The number of halogens is 1. The fraction of sp³-hybridized carbons (Fsp3) is 0.200. The second-order valence-corrected chi connectivity index (χ2v) is 6.00. The van der Waals surface area contributed by atoms with Gasteiger partial charge in [-0.25, -0.2) is 0 Å². The highest BCUT2D eigenvalue weighted by atomic mass is 35.5. The molecule has 0 saturated heterocycles. The van der Waals surface area contributed by atoms with Crippen LogP contribution in [-0.2, 0) is 17.8 Å². The number of carbonyl (C=O) groups excluding carboxylic acids is 2. The van der Waals surface area contributed by atoms with Gasteiger partial charge in [0.15, 0.2) is 0 Å². The lowest BCUT2D eigenvalue weighted by Crippen LogP contribution is -2.27. The number of benzene rings is 2. The van der Waals surface area contributed by atoms with E-state index in [1.54, 1.807) is 12.1 Å². The third kappa shape index (κ3) is 6.08. The Labute approximate surface area is 152 Å². The van der Waals surface area contributed by atoms with Crippen LogP contribution in [-0.4, -0.2) is 18.4 Å². The first kappa shape index (κ1) is 18.7. The number of aryl methyl sites for hydroxylation is 1. The second-order valence-electron chi connectivity index (χ2n) is 5.56. The predicted octanol–water partition coefficient (Wildman–Crippen LogP) is 3.50. The van der Waals surface area contributed by atoms with Crippen molar-refractivity contribution in [3.63, 3.8) is 0 Å². The Morgan fingerprint density at radius 1 is 1.04 bits per heavy atom. The van der Waals surface area contributed by atoms with Crippen LogP contribution in [0.3, 0.4) is 0 Å². The molecule has 0 aliphatic carbocycles. The first-order valence-electron chi connectivity index (χ1n) is 8.11. The molecule has 0 fully saturated rings. The van der Waals surface area contributed by atoms with Gasteiger partial charge in [0, 0.05) is 23.7 Å². The van der Waals surface area contributed by atoms with Gasteiger partial charge in [0.1, 0.15) is 0 Å². The number of hydrogen-bond acceptors (Lipinski definition) is 2. The van der Waals surface area contributed by atoms with Crippen molar-refractivity contribution >= 4 is 23.4 Å². The van der Waals surface area contributed by atoms with Gasteiger partial charge in [-0.15, -0.1) is 0 Å². The van der Waals surface area contributed by atoms with Crippen LogP contribution >= 0.6 is 11.6 Å². The first-order chi connectivity index (χ1) is 12.1. The highest BCUT2D eigenvalue weighted by Gasteiger charge is 2.10. The minimum absolute atomic E-state index is 0.139. The van der Waals surface area contributed by atoms with Crippen molar-refractivity contribution in [3.05, 3.63) is 82.9 Å². The van der Waals surface area contributed by atoms with Gasteiger partial charge in [0.05, 0.1) is 0 Å². The monoisotopic (exact) mass is 356 g/mol. The summed E-state index contributed by atoms with van der Waals surface area (Å²) in [4.78, 5) is 23.7. The normalized spacial score (nSPS) is 10.1. The third-order valence-corrected chi connectivity index (χ3v) is 3.99. The zero-order valence-electron chi connectivity index (χ0n) is 13.9. The van der Waals surface area contributed by atoms with Gasteiger partial charge in [0.2, 0.25) is 5.91 Å². The average molecular weight is 357 g/mol. The van der Waals surface area contributed by atoms with Gasteiger partial charge in [-0.3, -0.25) is 9.59 Å². The Balaban J connectivity index is 1.84. The van der Waals surface area contributed by atoms with Gasteiger partial charge >= 0.3 is 0 Å². The van der Waals surface area contributed by atoms with E-state index in [2.05, 4.69) is 17.2 Å². The molecule has 0 radical (unpaired) electrons. The van der Waals surface area contributed by atoms with E-state index in [-0.39, 0.29) is 11.8 Å². The molecule has 0 aliphatic heterocycles. The van der Waals surface area contributed by atoms with E-state index in [4.69, 9.17) is 11.6 Å². The summed E-state index contributed by atoms with van der Waals surface area (Å²) in [5, 5.41) is 6.33. The molecule has 0 heterocycles. The van der Waals surface area contributed by atoms with Gasteiger partial charge in [0.25, 0.3) is 5.91 Å². The molecule has 4 nitrogen and oxygen atoms in total. The number of rotatable bonds is 8. The molecule has 2 N–H and O–H groups in total. The second kappa shape index (κ2) is 9.64. The van der Waals surface area contributed by atoms with Crippen molar-refractivity contribution in [1.29, 1.82) is 0 Å². The summed E-state index contributed by atoms with van der Waals surface area (Å²) < 4.78 is 0. The number of nitrogens with one attached hydrogen (secondary N) is 2. The molecule has 0 unspecified atom stereocenters. The van der Waals surface area contributed by atoms with Crippen LogP contribution in [0.25, 0.3) is 0 Å². The molecule has 2 amide bonds. The van der Waals surface area contributed by atoms with Crippen LogP contribution < -0.4 is 10.6 Å². The molecular formula is C20H21ClN2O2. The van der Waals surface area contributed by atoms with E-state index < -0.39 is 0 Å². The SMILES string of the molecule is C=CC(=O)NCc1ccccc1C(=O)NCCCc1ccc(Cl)cc1. The summed E-state index contributed by atoms with van der Waals surface area (Å²) in [5.41, 5.74) is 2.53. The summed E-state index contributed by atoms with van der Waals surface area (Å²) >= 11 is 5.86. The lowest BCUT2D eigenvalue weighted by Gasteiger charge is -2.10. The molecule has 5 heteroatoms. The molecule has 25 heavy (non-hydrogen) atoms. The number of hydrogen-bond donors (Lipinski definition) is 2. The molecule has 130 valence electrons. The Bertz CT molecular complexity index is 742. The summed E-state index contributed by atoms with van der Waals surface area (Å²) in [5.74, 6) is -0.405. The molecule has 2 rings (SSSR count). The lowest BCUT2D eigenvalue weighted by atomic mass is 10.1. The molecular weight excluding hydrogens is 336 g/mol. The maximum absolute atomic E-state index is 12.4. The van der Waals surface area contributed by atoms with Crippen LogP contribution in [0.1, 0.15) is 27.9 Å². The Hall–Kier alpha value is -2.59. The molecule has 2 aromatic carbocycles. The highest BCUT2D eigenvalue weighted by Crippen LogP contribution is 2.11. The molecule has 2 aromatic rings. The topological polar surface area (TPSA) is 58.2 Å². The highest BCUT2D eigenvalue weighted by molar-refractivity contribution is 6.30. The van der Waals surface area contributed by atoms with E-state index in [0.29, 0.717) is 18.7 Å². The molecule has 0 bridgehead atoms. The smallest absolute Gasteiger partial charge is 0.251 e. The van der Waals surface area contributed by atoms with E-state index in [1.807, 2.05) is 36.4 Å². The Morgan fingerprint density at radius 2 is 1.76 bits per heavy atom. The Kier molecular flexibility index (Phi) is 7.23. The van der Waals surface area contributed by atoms with Gasteiger partial charge in [-0.05, 0) is 48.2 Å². The molecule has 0 aliphatic rings. The fourth-order valence-corrected chi connectivity index (χ4v) is 2.52. The summed E-state index contributed by atoms with van der Waals surface area (Å²) in [6.45, 7) is 4.28. The fourth-order valence-electron chi connectivity index (χ4n) is 2.39. The number of amides is 2. The zero-order valence-corrected chi connectivity index (χ0v) is 14.7. The average Bonchev–Trinajstić information content (AvgIpc) is 2.64. The van der Waals surface area contributed by atoms with E-state index in [9.17, 15) is 9.59 Å². The van der Waals surface area contributed by atoms with E-state index in [1.165, 1.54) is 11.6 Å². The van der Waals surface area contributed by atoms with Crippen LogP contribution in [0.5, 0.6) is 0 Å². The molecule has 0 atom stereocenters. The Morgan fingerprint density at radius 3 is 2.48 bits per heavy atom. The number of carbonyl (C=O) groups is 2. The standard InChI is InChI=1S/C20H21ClN2O2/c1-2-19(24)23-14-16-7-3-4-8-18(16)20(25)22-13-5-6-15-9-11-17(21)12-10-15/h2-4,7-12H,1,5-6,13-14H2,(H,22,25)(H,23,24). The summed E-state index contributed by atoms with van der Waals surface area (Å²) in [7, 11) is 0. The third-order valence-electron chi connectivity index (χ3n) is 3.74. The quantitative estimate of drug-likeness (QED) is 0.561. The maximum Gasteiger partial charge on any atom is 0.251 e. The minimum Gasteiger partial charge on any atom is -0.352 e. The molecule has 0 aromatic heterocycles. The van der Waals surface area contributed by atoms with Crippen molar-refractivity contribution in [1.82, 2.24) is 10.6 Å². The molecule has 0 saturated carbocycles. The van der Waals surface area contributed by atoms with E-state index in [0.717, 1.165) is 23.4 Å². The summed E-state index contributed by atoms with van der Waals surface area (Å²) in [6.07, 6.45) is 2.91. The van der Waals surface area contributed by atoms with Crippen molar-refractivity contribution < 1.29 is 9.59 Å². The zero-order chi connectivity index (χ0) is 18.1. The van der Waals surface area contributed by atoms with Gasteiger partial charge in [-0.1, -0.05) is 48.5 Å². The summed E-state index contributed by atoms with van der Waals surface area (Å²) in [6, 6.07) is 14.9. The van der Waals surface area contributed by atoms with Crippen molar-refractivity contribution in [3.8, 4) is 0 Å². The lowest BCUT2D eigenvalue weighted by molar-refractivity contribution is -0.116. The first-order valence-corrected chi connectivity index (χ1v) is 8.49.